The van der Waals surface area contributed by atoms with E-state index in [0.717, 1.165) is 187 Å². The van der Waals surface area contributed by atoms with E-state index in [2.05, 4.69) is 253 Å². The van der Waals surface area contributed by atoms with Crippen molar-refractivity contribution >= 4 is 68.2 Å². The average Bonchev–Trinajstić information content (AvgIpc) is 1.50. The molecule has 0 fully saturated rings. The second-order valence-corrected chi connectivity index (χ2v) is 25.5. The highest BCUT2D eigenvalue weighted by atomic mass is 16.5. The van der Waals surface area contributed by atoms with Crippen molar-refractivity contribution in [2.45, 2.75) is 26.2 Å². The lowest BCUT2D eigenvalue weighted by atomic mass is 9.70. The Hall–Kier alpha value is -12.5. The van der Waals surface area contributed by atoms with Crippen molar-refractivity contribution in [3.63, 3.8) is 0 Å². The summed E-state index contributed by atoms with van der Waals surface area (Å²) in [5.74, 6) is 6.27. The van der Waals surface area contributed by atoms with Gasteiger partial charge in [-0.2, -0.15) is 0 Å². The van der Waals surface area contributed by atoms with Crippen molar-refractivity contribution in [2.24, 2.45) is 0 Å². The standard InChI is InChI=1S/C90H78N4O8/c1-57-50-68(30-47-87(57)100-9)92(65-21-37-76(97-6)38-22-65)71-27-44-80-79-43-14-61(60-12-15-62(16-13-60)91(63-17-33-74(95-4)34-18-63)64-19-35-75(96-5)36-20-64)53-83(79)90(84(80)54-71)85-55-72(93(66-23-39-77(98-7)40-24-66)69-31-48-88(101-10)58(2)51-69)28-45-81(85)82-46-29-73(56-86(82)90)94(67-25-41-78(99-8)42-26-67)70-32-49-89(102-11)59(3)52-70/h12-56H,1-11H3. The van der Waals surface area contributed by atoms with Gasteiger partial charge in [0.1, 0.15) is 46.0 Å². The van der Waals surface area contributed by atoms with E-state index in [4.69, 9.17) is 37.9 Å². The number of ether oxygens (including phenoxy) is 8. The Labute approximate surface area is 596 Å². The summed E-state index contributed by atoms with van der Waals surface area (Å²) < 4.78 is 46.3. The van der Waals surface area contributed by atoms with Crippen LogP contribution in [-0.4, -0.2) is 56.9 Å². The maximum absolute atomic E-state index is 5.90. The fraction of sp³-hybridized carbons (Fsp3) is 0.133. The zero-order valence-corrected chi connectivity index (χ0v) is 59.0. The van der Waals surface area contributed by atoms with Gasteiger partial charge in [-0.05, 0) is 324 Å². The molecular formula is C90H78N4O8. The van der Waals surface area contributed by atoms with Gasteiger partial charge in [-0.1, -0.05) is 42.5 Å². The van der Waals surface area contributed by atoms with E-state index in [1.54, 1.807) is 56.9 Å². The van der Waals surface area contributed by atoms with Gasteiger partial charge in [0.15, 0.2) is 0 Å². The smallest absolute Gasteiger partial charge is 0.121 e. The molecule has 12 heteroatoms. The molecular weight excluding hydrogens is 1270 g/mol. The molecule has 13 aromatic carbocycles. The lowest BCUT2D eigenvalue weighted by Gasteiger charge is -2.34. The number of hydrogen-bond donors (Lipinski definition) is 0. The molecule has 0 unspecified atom stereocenters. The lowest BCUT2D eigenvalue weighted by molar-refractivity contribution is 0.411. The zero-order valence-electron chi connectivity index (χ0n) is 59.0. The number of benzene rings is 13. The van der Waals surface area contributed by atoms with Crippen LogP contribution in [0.15, 0.2) is 273 Å². The first kappa shape index (κ1) is 65.4. The summed E-state index contributed by atoms with van der Waals surface area (Å²) in [5, 5.41) is 0. The number of methoxy groups -OCH3 is 8. The Morgan fingerprint density at radius 3 is 0.657 bits per heavy atom. The van der Waals surface area contributed by atoms with Crippen molar-refractivity contribution < 1.29 is 37.9 Å². The van der Waals surface area contributed by atoms with Crippen LogP contribution in [0.2, 0.25) is 0 Å². The third-order valence-corrected chi connectivity index (χ3v) is 20.0. The molecule has 0 heterocycles. The Balaban J connectivity index is 1.02. The Bertz CT molecular complexity index is 4890. The van der Waals surface area contributed by atoms with Crippen molar-refractivity contribution in [2.75, 3.05) is 76.5 Å². The molecule has 0 atom stereocenters. The van der Waals surface area contributed by atoms with Gasteiger partial charge in [0.05, 0.1) is 62.3 Å². The summed E-state index contributed by atoms with van der Waals surface area (Å²) >= 11 is 0. The second kappa shape index (κ2) is 27.3. The molecule has 506 valence electrons. The minimum atomic E-state index is -0.989. The van der Waals surface area contributed by atoms with Crippen molar-refractivity contribution in [3.05, 3.63) is 312 Å². The summed E-state index contributed by atoms with van der Waals surface area (Å²) in [4.78, 5) is 9.28. The van der Waals surface area contributed by atoms with E-state index in [0.29, 0.717) is 0 Å². The van der Waals surface area contributed by atoms with Crippen LogP contribution in [0, 0.1) is 20.8 Å². The van der Waals surface area contributed by atoms with E-state index in [1.807, 2.05) is 60.7 Å². The quantitative estimate of drug-likeness (QED) is 0.0687. The molecule has 0 bridgehead atoms. The molecule has 0 aromatic heterocycles. The van der Waals surface area contributed by atoms with Crippen LogP contribution in [0.5, 0.6) is 46.0 Å². The fourth-order valence-electron chi connectivity index (χ4n) is 15.0. The SMILES string of the molecule is COc1ccc(N(c2ccc(OC)cc2)c2ccc(-c3ccc4c(c3)C3(c5cc(N(c6ccc(OC)cc6)c6ccc(OC)c(C)c6)ccc5-4)c4cc(N(c5ccc(OC)cc5)c5ccc(OC)c(C)c5)ccc4-c4ccc(N(c5ccc(OC)cc5)c5ccc(OC)c(C)c5)cc43)cc2)cc1. The topological polar surface area (TPSA) is 86.8 Å². The highest BCUT2D eigenvalue weighted by Gasteiger charge is 2.53. The normalized spacial score (nSPS) is 12.0. The van der Waals surface area contributed by atoms with Crippen LogP contribution in [0.3, 0.4) is 0 Å². The van der Waals surface area contributed by atoms with Gasteiger partial charge in [0.2, 0.25) is 0 Å². The van der Waals surface area contributed by atoms with Crippen LogP contribution in [0.1, 0.15) is 38.9 Å². The largest absolute Gasteiger partial charge is 0.497 e. The number of hydrogen-bond acceptors (Lipinski definition) is 12. The number of nitrogens with zero attached hydrogens (tertiary/aromatic N) is 4. The number of rotatable bonds is 21. The first-order chi connectivity index (χ1) is 49.9. The third-order valence-electron chi connectivity index (χ3n) is 20.0. The molecule has 102 heavy (non-hydrogen) atoms. The second-order valence-electron chi connectivity index (χ2n) is 25.5. The average molecular weight is 1340 g/mol. The summed E-state index contributed by atoms with van der Waals surface area (Å²) in [6.07, 6.45) is 0. The molecule has 0 saturated heterocycles. The summed E-state index contributed by atoms with van der Waals surface area (Å²) in [6, 6.07) is 97.6. The number of aryl methyl sites for hydroxylation is 3. The van der Waals surface area contributed by atoms with Gasteiger partial charge in [0, 0.05) is 68.2 Å². The first-order valence-electron chi connectivity index (χ1n) is 33.9. The molecule has 0 saturated carbocycles. The summed E-state index contributed by atoms with van der Waals surface area (Å²) in [7, 11) is 13.7. The van der Waals surface area contributed by atoms with Crippen molar-refractivity contribution in [3.8, 4) is 79.4 Å². The van der Waals surface area contributed by atoms with E-state index >= 15 is 0 Å². The predicted molar refractivity (Wildman–Crippen MR) is 414 cm³/mol. The predicted octanol–water partition coefficient (Wildman–Crippen LogP) is 22.6. The van der Waals surface area contributed by atoms with E-state index in [1.165, 1.54) is 0 Å². The fourth-order valence-corrected chi connectivity index (χ4v) is 15.0. The lowest BCUT2D eigenvalue weighted by Crippen LogP contribution is -2.27. The summed E-state index contributed by atoms with van der Waals surface area (Å²) in [6.45, 7) is 6.29. The first-order valence-corrected chi connectivity index (χ1v) is 33.9. The molecule has 12 nitrogen and oxygen atoms in total. The van der Waals surface area contributed by atoms with Crippen LogP contribution in [-0.2, 0) is 5.41 Å². The summed E-state index contributed by atoms with van der Waals surface area (Å²) in [5.41, 5.74) is 24.8. The maximum Gasteiger partial charge on any atom is 0.121 e. The Kier molecular flexibility index (Phi) is 17.5. The highest BCUT2D eigenvalue weighted by Crippen LogP contribution is 2.65. The van der Waals surface area contributed by atoms with Crippen LogP contribution >= 0.6 is 0 Å². The van der Waals surface area contributed by atoms with E-state index in [9.17, 15) is 0 Å². The van der Waals surface area contributed by atoms with Crippen LogP contribution < -0.4 is 57.5 Å². The van der Waals surface area contributed by atoms with Gasteiger partial charge >= 0.3 is 0 Å². The van der Waals surface area contributed by atoms with Crippen molar-refractivity contribution in [1.82, 2.24) is 0 Å². The van der Waals surface area contributed by atoms with Crippen molar-refractivity contribution in [1.29, 1.82) is 0 Å². The molecule has 0 aliphatic heterocycles. The minimum absolute atomic E-state index is 0.762. The number of anilines is 12. The van der Waals surface area contributed by atoms with E-state index < -0.39 is 5.41 Å². The van der Waals surface area contributed by atoms with Crippen LogP contribution in [0.25, 0.3) is 33.4 Å². The Morgan fingerprint density at radius 1 is 0.196 bits per heavy atom. The van der Waals surface area contributed by atoms with Gasteiger partial charge in [-0.3, -0.25) is 0 Å². The zero-order chi connectivity index (χ0) is 70.3. The maximum atomic E-state index is 5.90. The number of fused-ring (bicyclic) bond motifs is 10. The molecule has 2 aliphatic carbocycles. The molecule has 0 radical (unpaired) electrons. The monoisotopic (exact) mass is 1340 g/mol. The highest BCUT2D eigenvalue weighted by molar-refractivity contribution is 6.00. The van der Waals surface area contributed by atoms with Gasteiger partial charge in [0.25, 0.3) is 0 Å². The minimum Gasteiger partial charge on any atom is -0.497 e. The van der Waals surface area contributed by atoms with Crippen LogP contribution in [0.4, 0.5) is 68.2 Å². The van der Waals surface area contributed by atoms with Gasteiger partial charge in [-0.15, -0.1) is 0 Å². The molecule has 15 rings (SSSR count). The molecule has 0 amide bonds. The van der Waals surface area contributed by atoms with E-state index in [-0.39, 0.29) is 0 Å². The Morgan fingerprint density at radius 2 is 0.402 bits per heavy atom. The molecule has 1 spiro atoms. The molecule has 0 N–H and O–H groups in total. The van der Waals surface area contributed by atoms with Gasteiger partial charge in [-0.25, -0.2) is 0 Å². The third kappa shape index (κ3) is 11.5. The van der Waals surface area contributed by atoms with Gasteiger partial charge < -0.3 is 57.5 Å². The molecule has 2 aliphatic rings. The molecule has 13 aromatic rings.